The lowest BCUT2D eigenvalue weighted by Crippen LogP contribution is -2.44. The van der Waals surface area contributed by atoms with Crippen molar-refractivity contribution in [3.8, 4) is 11.5 Å². The monoisotopic (exact) mass is 381 g/mol. The zero-order valence-corrected chi connectivity index (χ0v) is 16.6. The maximum Gasteiger partial charge on any atom is 0.247 e. The SMILES string of the molecule is CC(C)(C)CC(=O)N1CCC[C@H]1C(=O)Nc1ccccc1Oc1cccnc1. The van der Waals surface area contributed by atoms with Gasteiger partial charge in [-0.1, -0.05) is 32.9 Å². The van der Waals surface area contributed by atoms with Gasteiger partial charge >= 0.3 is 0 Å². The standard InChI is InChI=1S/C22H27N3O3/c1-22(2,3)14-20(26)25-13-7-10-18(25)21(27)24-17-9-4-5-11-19(17)28-16-8-6-12-23-15-16/h4-6,8-9,11-12,15,18H,7,10,13-14H2,1-3H3,(H,24,27)/t18-/m0/s1. The fourth-order valence-electron chi connectivity index (χ4n) is 3.30. The molecule has 1 saturated heterocycles. The number of likely N-dealkylation sites (tertiary alicyclic amines) is 1. The Balaban J connectivity index is 1.71. The summed E-state index contributed by atoms with van der Waals surface area (Å²) in [6.07, 6.45) is 5.22. The lowest BCUT2D eigenvalue weighted by Gasteiger charge is -2.27. The number of carbonyl (C=O) groups is 2. The highest BCUT2D eigenvalue weighted by Gasteiger charge is 2.35. The van der Waals surface area contributed by atoms with E-state index in [0.717, 1.165) is 6.42 Å². The summed E-state index contributed by atoms with van der Waals surface area (Å²) in [5.41, 5.74) is 0.469. The third-order valence-electron chi connectivity index (χ3n) is 4.56. The Labute approximate surface area is 165 Å². The van der Waals surface area contributed by atoms with E-state index in [0.29, 0.717) is 36.6 Å². The molecule has 1 fully saturated rings. The summed E-state index contributed by atoms with van der Waals surface area (Å²) in [5.74, 6) is 0.980. The molecule has 0 spiro atoms. The predicted octanol–water partition coefficient (Wildman–Crippen LogP) is 4.24. The van der Waals surface area contributed by atoms with E-state index in [1.165, 1.54) is 0 Å². The molecule has 0 bridgehead atoms. The molecule has 0 aliphatic carbocycles. The van der Waals surface area contributed by atoms with Gasteiger partial charge in [0.15, 0.2) is 5.75 Å². The number of amides is 2. The van der Waals surface area contributed by atoms with Crippen LogP contribution in [-0.4, -0.2) is 34.3 Å². The molecule has 1 aliphatic heterocycles. The maximum absolute atomic E-state index is 12.9. The first-order chi connectivity index (χ1) is 13.3. The van der Waals surface area contributed by atoms with Crippen LogP contribution in [0.5, 0.6) is 11.5 Å². The number of rotatable bonds is 5. The summed E-state index contributed by atoms with van der Waals surface area (Å²) in [6.45, 7) is 6.72. The van der Waals surface area contributed by atoms with Gasteiger partial charge in [-0.2, -0.15) is 0 Å². The van der Waals surface area contributed by atoms with Gasteiger partial charge in [-0.25, -0.2) is 0 Å². The molecule has 0 unspecified atom stereocenters. The number of hydrogen-bond acceptors (Lipinski definition) is 4. The molecule has 1 aromatic carbocycles. The molecule has 3 rings (SSSR count). The molecule has 1 aromatic heterocycles. The van der Waals surface area contributed by atoms with E-state index >= 15 is 0 Å². The number of nitrogens with one attached hydrogen (secondary N) is 1. The fourth-order valence-corrected chi connectivity index (χ4v) is 3.30. The van der Waals surface area contributed by atoms with Crippen LogP contribution in [0.25, 0.3) is 0 Å². The van der Waals surface area contributed by atoms with Gasteiger partial charge in [0.05, 0.1) is 11.9 Å². The van der Waals surface area contributed by atoms with E-state index in [-0.39, 0.29) is 17.2 Å². The average Bonchev–Trinajstić information content (AvgIpc) is 3.13. The van der Waals surface area contributed by atoms with Gasteiger partial charge in [-0.15, -0.1) is 0 Å². The van der Waals surface area contributed by atoms with Crippen LogP contribution < -0.4 is 10.1 Å². The molecule has 28 heavy (non-hydrogen) atoms. The van der Waals surface area contributed by atoms with Crippen molar-refractivity contribution in [1.82, 2.24) is 9.88 Å². The highest BCUT2D eigenvalue weighted by Crippen LogP contribution is 2.30. The molecule has 2 aromatic rings. The Morgan fingerprint density at radius 1 is 1.21 bits per heavy atom. The lowest BCUT2D eigenvalue weighted by atomic mass is 9.91. The zero-order chi connectivity index (χ0) is 20.1. The molecule has 0 saturated carbocycles. The minimum absolute atomic E-state index is 0.0324. The topological polar surface area (TPSA) is 71.5 Å². The number of nitrogens with zero attached hydrogens (tertiary/aromatic N) is 2. The van der Waals surface area contributed by atoms with Crippen molar-refractivity contribution in [2.75, 3.05) is 11.9 Å². The molecular formula is C22H27N3O3. The number of ether oxygens (including phenoxy) is 1. The van der Waals surface area contributed by atoms with Gasteiger partial charge in [-0.3, -0.25) is 14.6 Å². The van der Waals surface area contributed by atoms with Crippen LogP contribution >= 0.6 is 0 Å². The van der Waals surface area contributed by atoms with Gasteiger partial charge < -0.3 is 15.0 Å². The van der Waals surface area contributed by atoms with E-state index in [1.807, 2.05) is 32.9 Å². The first kappa shape index (κ1) is 19.9. The number of aromatic nitrogens is 1. The van der Waals surface area contributed by atoms with Gasteiger partial charge in [-0.05, 0) is 42.5 Å². The summed E-state index contributed by atoms with van der Waals surface area (Å²) in [4.78, 5) is 31.3. The van der Waals surface area contributed by atoms with Crippen LogP contribution in [0.1, 0.15) is 40.0 Å². The van der Waals surface area contributed by atoms with Crippen molar-refractivity contribution >= 4 is 17.5 Å². The van der Waals surface area contributed by atoms with E-state index < -0.39 is 6.04 Å². The van der Waals surface area contributed by atoms with Crippen LogP contribution in [0, 0.1) is 5.41 Å². The highest BCUT2D eigenvalue weighted by molar-refractivity contribution is 5.98. The van der Waals surface area contributed by atoms with E-state index in [4.69, 9.17) is 4.74 Å². The minimum Gasteiger partial charge on any atom is -0.454 e. The van der Waals surface area contributed by atoms with Gasteiger partial charge in [0, 0.05) is 19.2 Å². The van der Waals surface area contributed by atoms with Gasteiger partial charge in [0.2, 0.25) is 11.8 Å². The molecule has 1 aliphatic rings. The van der Waals surface area contributed by atoms with Crippen molar-refractivity contribution < 1.29 is 14.3 Å². The number of hydrogen-bond donors (Lipinski definition) is 1. The fraction of sp³-hybridized carbons (Fsp3) is 0.409. The molecule has 148 valence electrons. The summed E-state index contributed by atoms with van der Waals surface area (Å²) in [5, 5.41) is 2.94. The lowest BCUT2D eigenvalue weighted by molar-refractivity contribution is -0.138. The second kappa shape index (κ2) is 8.42. The molecule has 6 nitrogen and oxygen atoms in total. The van der Waals surface area contributed by atoms with Crippen molar-refractivity contribution in [2.24, 2.45) is 5.41 Å². The molecule has 6 heteroatoms. The van der Waals surface area contributed by atoms with Crippen molar-refractivity contribution in [1.29, 1.82) is 0 Å². The quantitative estimate of drug-likeness (QED) is 0.841. The van der Waals surface area contributed by atoms with E-state index in [1.54, 1.807) is 41.6 Å². The van der Waals surface area contributed by atoms with Crippen LogP contribution in [0.4, 0.5) is 5.69 Å². The second-order valence-electron chi connectivity index (χ2n) is 8.26. The Bertz CT molecular complexity index is 830. The number of pyridine rings is 1. The van der Waals surface area contributed by atoms with Crippen LogP contribution in [0.15, 0.2) is 48.8 Å². The first-order valence-electron chi connectivity index (χ1n) is 9.61. The summed E-state index contributed by atoms with van der Waals surface area (Å²) < 4.78 is 5.86. The van der Waals surface area contributed by atoms with E-state index in [9.17, 15) is 9.59 Å². The van der Waals surface area contributed by atoms with Crippen LogP contribution in [-0.2, 0) is 9.59 Å². The first-order valence-corrected chi connectivity index (χ1v) is 9.61. The molecule has 1 N–H and O–H groups in total. The number of para-hydroxylation sites is 2. The Hall–Kier alpha value is -2.89. The normalized spacial score (nSPS) is 16.7. The molecule has 2 amide bonds. The van der Waals surface area contributed by atoms with Gasteiger partial charge in [0.1, 0.15) is 11.8 Å². The highest BCUT2D eigenvalue weighted by atomic mass is 16.5. The Kier molecular flexibility index (Phi) is 5.97. The van der Waals surface area contributed by atoms with Crippen LogP contribution in [0.2, 0.25) is 0 Å². The zero-order valence-electron chi connectivity index (χ0n) is 16.6. The van der Waals surface area contributed by atoms with Crippen LogP contribution in [0.3, 0.4) is 0 Å². The number of anilines is 1. The summed E-state index contributed by atoms with van der Waals surface area (Å²) in [7, 11) is 0. The third kappa shape index (κ3) is 5.09. The molecule has 0 radical (unpaired) electrons. The Morgan fingerprint density at radius 2 is 2.00 bits per heavy atom. The average molecular weight is 381 g/mol. The van der Waals surface area contributed by atoms with Crippen molar-refractivity contribution in [3.05, 3.63) is 48.8 Å². The van der Waals surface area contributed by atoms with Crippen molar-refractivity contribution in [2.45, 2.75) is 46.1 Å². The summed E-state index contributed by atoms with van der Waals surface area (Å²) >= 11 is 0. The largest absolute Gasteiger partial charge is 0.454 e. The van der Waals surface area contributed by atoms with E-state index in [2.05, 4.69) is 10.3 Å². The molecule has 2 heterocycles. The minimum atomic E-state index is -0.443. The summed E-state index contributed by atoms with van der Waals surface area (Å²) in [6, 6.07) is 10.4. The predicted molar refractivity (Wildman–Crippen MR) is 108 cm³/mol. The van der Waals surface area contributed by atoms with Gasteiger partial charge in [0.25, 0.3) is 0 Å². The Morgan fingerprint density at radius 3 is 2.71 bits per heavy atom. The third-order valence-corrected chi connectivity index (χ3v) is 4.56. The van der Waals surface area contributed by atoms with Crippen molar-refractivity contribution in [3.63, 3.8) is 0 Å². The molecular weight excluding hydrogens is 354 g/mol. The molecule has 1 atom stereocenters. The second-order valence-corrected chi connectivity index (χ2v) is 8.26. The maximum atomic E-state index is 12.9. The number of benzene rings is 1. The number of carbonyl (C=O) groups excluding carboxylic acids is 2. The smallest absolute Gasteiger partial charge is 0.247 e.